The van der Waals surface area contributed by atoms with Crippen LogP contribution in [0.4, 0.5) is 0 Å². The fourth-order valence-corrected chi connectivity index (χ4v) is 3.56. The van der Waals surface area contributed by atoms with Crippen LogP contribution in [-0.4, -0.2) is 21.0 Å². The van der Waals surface area contributed by atoms with E-state index in [1.807, 2.05) is 43.3 Å². The Morgan fingerprint density at radius 1 is 1.03 bits per heavy atom. The number of benzene rings is 2. The molecule has 0 bridgehead atoms. The molecule has 2 aromatic heterocycles. The molecule has 0 saturated carbocycles. The summed E-state index contributed by atoms with van der Waals surface area (Å²) in [7, 11) is 0. The van der Waals surface area contributed by atoms with Gasteiger partial charge in [0.05, 0.1) is 17.2 Å². The number of aromatic nitrogens is 3. The van der Waals surface area contributed by atoms with E-state index < -0.39 is 0 Å². The summed E-state index contributed by atoms with van der Waals surface area (Å²) < 4.78 is 5.27. The van der Waals surface area contributed by atoms with E-state index in [1.165, 1.54) is 0 Å². The van der Waals surface area contributed by atoms with Crippen LogP contribution in [0.25, 0.3) is 22.6 Å². The standard InChI is InChI=1S/C22H20N4O2S/c1-3-20-24-18(13-29-20)15-8-10-16(11-9-15)21-25-19(28-26-21)12-23-22(27)17-6-4-14(2)5-7-17/h4-11,13H,3,12H2,1-2H3,(H,23,27). The van der Waals surface area contributed by atoms with E-state index in [-0.39, 0.29) is 12.5 Å². The monoisotopic (exact) mass is 404 g/mol. The van der Waals surface area contributed by atoms with E-state index in [9.17, 15) is 4.79 Å². The number of carbonyl (C=O) groups is 1. The summed E-state index contributed by atoms with van der Waals surface area (Å²) in [4.78, 5) is 21.2. The molecule has 1 amide bonds. The van der Waals surface area contributed by atoms with Crippen LogP contribution in [0.15, 0.2) is 58.4 Å². The molecule has 7 heteroatoms. The smallest absolute Gasteiger partial charge is 0.251 e. The number of nitrogens with zero attached hydrogens (tertiary/aromatic N) is 3. The van der Waals surface area contributed by atoms with Gasteiger partial charge < -0.3 is 9.84 Å². The normalized spacial score (nSPS) is 10.8. The maximum atomic E-state index is 12.2. The molecule has 6 nitrogen and oxygen atoms in total. The summed E-state index contributed by atoms with van der Waals surface area (Å²) in [6.45, 7) is 4.26. The molecule has 29 heavy (non-hydrogen) atoms. The van der Waals surface area contributed by atoms with Crippen molar-refractivity contribution in [3.05, 3.63) is 75.9 Å². The third kappa shape index (κ3) is 4.41. The predicted octanol–water partition coefficient (Wildman–Crippen LogP) is 4.66. The van der Waals surface area contributed by atoms with Crippen molar-refractivity contribution in [2.75, 3.05) is 0 Å². The second kappa shape index (κ2) is 8.36. The molecule has 0 aliphatic rings. The molecular formula is C22H20N4O2S. The van der Waals surface area contributed by atoms with Crippen LogP contribution in [0.1, 0.15) is 33.7 Å². The number of rotatable bonds is 6. The van der Waals surface area contributed by atoms with Gasteiger partial charge in [-0.1, -0.05) is 54.0 Å². The van der Waals surface area contributed by atoms with Gasteiger partial charge >= 0.3 is 0 Å². The van der Waals surface area contributed by atoms with E-state index in [0.717, 1.165) is 33.8 Å². The van der Waals surface area contributed by atoms with Crippen LogP contribution >= 0.6 is 11.3 Å². The average Bonchev–Trinajstić information content (AvgIpc) is 3.42. The summed E-state index contributed by atoms with van der Waals surface area (Å²) >= 11 is 1.67. The summed E-state index contributed by atoms with van der Waals surface area (Å²) in [5.41, 5.74) is 4.58. The summed E-state index contributed by atoms with van der Waals surface area (Å²) in [5, 5.41) is 10.0. The van der Waals surface area contributed by atoms with Gasteiger partial charge in [-0.15, -0.1) is 11.3 Å². The number of amides is 1. The van der Waals surface area contributed by atoms with E-state index in [2.05, 4.69) is 32.7 Å². The minimum absolute atomic E-state index is 0.177. The molecule has 2 heterocycles. The van der Waals surface area contributed by atoms with Crippen molar-refractivity contribution in [3.63, 3.8) is 0 Å². The van der Waals surface area contributed by atoms with E-state index in [0.29, 0.717) is 17.3 Å². The van der Waals surface area contributed by atoms with Crippen LogP contribution in [0, 0.1) is 6.92 Å². The molecule has 146 valence electrons. The minimum Gasteiger partial charge on any atom is -0.343 e. The maximum absolute atomic E-state index is 12.2. The van der Waals surface area contributed by atoms with Gasteiger partial charge in [-0.25, -0.2) is 4.98 Å². The van der Waals surface area contributed by atoms with Crippen molar-refractivity contribution >= 4 is 17.2 Å². The van der Waals surface area contributed by atoms with Gasteiger partial charge in [0.25, 0.3) is 5.91 Å². The highest BCUT2D eigenvalue weighted by Gasteiger charge is 2.12. The van der Waals surface area contributed by atoms with Crippen molar-refractivity contribution in [3.8, 4) is 22.6 Å². The number of nitrogens with one attached hydrogen (secondary N) is 1. The molecule has 0 radical (unpaired) electrons. The lowest BCUT2D eigenvalue weighted by molar-refractivity contribution is 0.0946. The van der Waals surface area contributed by atoms with Crippen LogP contribution in [0.5, 0.6) is 0 Å². The Kier molecular flexibility index (Phi) is 5.48. The topological polar surface area (TPSA) is 80.9 Å². The molecule has 0 aliphatic heterocycles. The molecule has 2 aromatic carbocycles. The van der Waals surface area contributed by atoms with Crippen LogP contribution < -0.4 is 5.32 Å². The van der Waals surface area contributed by atoms with Crippen LogP contribution in [0.3, 0.4) is 0 Å². The number of hydrogen-bond acceptors (Lipinski definition) is 6. The Bertz CT molecular complexity index is 1110. The Labute approximate surface area is 172 Å². The first-order valence-electron chi connectivity index (χ1n) is 9.35. The molecule has 0 spiro atoms. The van der Waals surface area contributed by atoms with Gasteiger partial charge in [0.1, 0.15) is 0 Å². The molecule has 0 saturated heterocycles. The molecule has 1 N–H and O–H groups in total. The number of hydrogen-bond donors (Lipinski definition) is 1. The second-order valence-electron chi connectivity index (χ2n) is 6.62. The van der Waals surface area contributed by atoms with Crippen LogP contribution in [0.2, 0.25) is 0 Å². The molecule has 4 aromatic rings. The summed E-state index contributed by atoms with van der Waals surface area (Å²) in [6, 6.07) is 15.3. The van der Waals surface area contributed by atoms with Crippen molar-refractivity contribution in [2.45, 2.75) is 26.8 Å². The van der Waals surface area contributed by atoms with Gasteiger partial charge in [0, 0.05) is 22.1 Å². The zero-order valence-corrected chi connectivity index (χ0v) is 17.0. The van der Waals surface area contributed by atoms with Crippen molar-refractivity contribution in [2.24, 2.45) is 0 Å². The first-order chi connectivity index (χ1) is 14.1. The summed E-state index contributed by atoms with van der Waals surface area (Å²) in [5.74, 6) is 0.670. The average molecular weight is 404 g/mol. The van der Waals surface area contributed by atoms with Crippen molar-refractivity contribution in [1.29, 1.82) is 0 Å². The Morgan fingerprint density at radius 2 is 1.76 bits per heavy atom. The molecule has 0 unspecified atom stereocenters. The number of aryl methyl sites for hydroxylation is 2. The zero-order valence-electron chi connectivity index (χ0n) is 16.2. The molecule has 0 aliphatic carbocycles. The first kappa shape index (κ1) is 19.0. The van der Waals surface area contributed by atoms with Gasteiger partial charge in [0.2, 0.25) is 11.7 Å². The number of thiazole rings is 1. The van der Waals surface area contributed by atoms with Gasteiger partial charge in [0.15, 0.2) is 0 Å². The van der Waals surface area contributed by atoms with Gasteiger partial charge in [-0.05, 0) is 25.5 Å². The Balaban J connectivity index is 1.40. The lowest BCUT2D eigenvalue weighted by Gasteiger charge is -2.02. The quantitative estimate of drug-likeness (QED) is 0.505. The fraction of sp³-hybridized carbons (Fsp3) is 0.182. The van der Waals surface area contributed by atoms with E-state index in [1.54, 1.807) is 23.5 Å². The van der Waals surface area contributed by atoms with Gasteiger partial charge in [-0.2, -0.15) is 4.98 Å². The Hall–Kier alpha value is -3.32. The highest BCUT2D eigenvalue weighted by molar-refractivity contribution is 7.09. The lowest BCUT2D eigenvalue weighted by Crippen LogP contribution is -2.22. The zero-order chi connectivity index (χ0) is 20.2. The third-order valence-electron chi connectivity index (χ3n) is 4.48. The minimum atomic E-state index is -0.177. The SMILES string of the molecule is CCc1nc(-c2ccc(-c3noc(CNC(=O)c4ccc(C)cc4)n3)cc2)cs1. The second-order valence-corrected chi connectivity index (χ2v) is 7.56. The fourth-order valence-electron chi connectivity index (χ4n) is 2.80. The maximum Gasteiger partial charge on any atom is 0.251 e. The summed E-state index contributed by atoms with van der Waals surface area (Å²) in [6.07, 6.45) is 0.939. The third-order valence-corrected chi connectivity index (χ3v) is 5.47. The Morgan fingerprint density at radius 3 is 2.45 bits per heavy atom. The van der Waals surface area contributed by atoms with E-state index in [4.69, 9.17) is 4.52 Å². The number of carbonyl (C=O) groups excluding carboxylic acids is 1. The molecule has 4 rings (SSSR count). The van der Waals surface area contributed by atoms with Crippen LogP contribution in [-0.2, 0) is 13.0 Å². The van der Waals surface area contributed by atoms with Crippen molar-refractivity contribution < 1.29 is 9.32 Å². The highest BCUT2D eigenvalue weighted by Crippen LogP contribution is 2.25. The lowest BCUT2D eigenvalue weighted by atomic mass is 10.1. The first-order valence-corrected chi connectivity index (χ1v) is 10.2. The largest absolute Gasteiger partial charge is 0.343 e. The highest BCUT2D eigenvalue weighted by atomic mass is 32.1. The van der Waals surface area contributed by atoms with Crippen molar-refractivity contribution in [1.82, 2.24) is 20.4 Å². The van der Waals surface area contributed by atoms with Gasteiger partial charge in [-0.3, -0.25) is 4.79 Å². The molecular weight excluding hydrogens is 384 g/mol. The van der Waals surface area contributed by atoms with E-state index >= 15 is 0 Å². The molecule has 0 atom stereocenters. The molecule has 0 fully saturated rings. The predicted molar refractivity (Wildman–Crippen MR) is 113 cm³/mol.